The summed E-state index contributed by atoms with van der Waals surface area (Å²) >= 11 is 0. The molecule has 3 aromatic heterocycles. The second-order valence-electron chi connectivity index (χ2n) is 12.7. The maximum Gasteiger partial charge on any atom is 0.490 e. The molecule has 1 atom stereocenters. The molecule has 0 radical (unpaired) electrons. The lowest BCUT2D eigenvalue weighted by atomic mass is 9.97. The third-order valence-electron chi connectivity index (χ3n) is 8.09. The van der Waals surface area contributed by atoms with Crippen molar-refractivity contribution in [1.29, 1.82) is 0 Å². The van der Waals surface area contributed by atoms with Gasteiger partial charge in [0.15, 0.2) is 0 Å². The zero-order valence-electron chi connectivity index (χ0n) is 26.7. The first-order chi connectivity index (χ1) is 22.1. The topological polar surface area (TPSA) is 151 Å². The number of anilines is 1. The average Bonchev–Trinajstić information content (AvgIpc) is 3.63. The Kier molecular flexibility index (Phi) is 9.54. The van der Waals surface area contributed by atoms with Crippen molar-refractivity contribution in [3.05, 3.63) is 59.6 Å². The summed E-state index contributed by atoms with van der Waals surface area (Å²) in [5, 5.41) is 18.4. The predicted octanol–water partition coefficient (Wildman–Crippen LogP) is 3.86. The number of nitrogens with one attached hydrogen (secondary N) is 1. The molecule has 0 bridgehead atoms. The molecule has 1 amide bonds. The Bertz CT molecular complexity index is 1740. The lowest BCUT2D eigenvalue weighted by molar-refractivity contribution is -0.192. The van der Waals surface area contributed by atoms with Crippen LogP contribution in [0.15, 0.2) is 41.3 Å². The van der Waals surface area contributed by atoms with Crippen LogP contribution in [0.25, 0.3) is 16.8 Å². The van der Waals surface area contributed by atoms with Crippen LogP contribution in [0.4, 0.5) is 18.9 Å². The van der Waals surface area contributed by atoms with E-state index in [9.17, 15) is 18.0 Å². The molecule has 2 aliphatic rings. The lowest BCUT2D eigenvalue weighted by Gasteiger charge is -2.46. The number of alkyl halides is 3. The van der Waals surface area contributed by atoms with Crippen molar-refractivity contribution in [3.63, 3.8) is 0 Å². The van der Waals surface area contributed by atoms with E-state index in [1.54, 1.807) is 6.33 Å². The minimum absolute atomic E-state index is 0.0411. The molecule has 13 nitrogen and oxygen atoms in total. The molecule has 2 aliphatic heterocycles. The Morgan fingerprint density at radius 1 is 1.13 bits per heavy atom. The molecule has 1 aromatic carbocycles. The van der Waals surface area contributed by atoms with Crippen LogP contribution in [0, 0.1) is 6.92 Å². The van der Waals surface area contributed by atoms with Gasteiger partial charge in [0.2, 0.25) is 5.89 Å². The van der Waals surface area contributed by atoms with Gasteiger partial charge in [-0.3, -0.25) is 9.69 Å². The number of hydrogen-bond acceptors (Lipinski definition) is 10. The second kappa shape index (κ2) is 13.3. The summed E-state index contributed by atoms with van der Waals surface area (Å²) in [5.41, 5.74) is 5.73. The molecular formula is C31H37F3N8O5. The van der Waals surface area contributed by atoms with Crippen molar-refractivity contribution in [2.45, 2.75) is 64.8 Å². The van der Waals surface area contributed by atoms with E-state index in [-0.39, 0.29) is 17.1 Å². The zero-order valence-corrected chi connectivity index (χ0v) is 26.7. The van der Waals surface area contributed by atoms with Crippen LogP contribution in [0.2, 0.25) is 0 Å². The van der Waals surface area contributed by atoms with Gasteiger partial charge in [-0.1, -0.05) is 38.1 Å². The third-order valence-corrected chi connectivity index (χ3v) is 8.09. The summed E-state index contributed by atoms with van der Waals surface area (Å²) in [6, 6.07) is 9.31. The fraction of sp³-hybridized carbons (Fsp3) is 0.484. The third kappa shape index (κ3) is 7.71. The number of piperazine rings is 1. The normalized spacial score (nSPS) is 17.6. The Morgan fingerprint density at radius 2 is 1.85 bits per heavy atom. The quantitative estimate of drug-likeness (QED) is 0.311. The highest BCUT2D eigenvalue weighted by Gasteiger charge is 2.38. The van der Waals surface area contributed by atoms with Crippen molar-refractivity contribution < 1.29 is 37.1 Å². The fourth-order valence-corrected chi connectivity index (χ4v) is 5.35. The van der Waals surface area contributed by atoms with Crippen molar-refractivity contribution in [1.82, 2.24) is 35.0 Å². The first-order valence-electron chi connectivity index (χ1n) is 15.1. The number of amides is 1. The minimum Gasteiger partial charge on any atom is -0.475 e. The van der Waals surface area contributed by atoms with Crippen molar-refractivity contribution in [2.24, 2.45) is 0 Å². The van der Waals surface area contributed by atoms with Crippen LogP contribution in [0.3, 0.4) is 0 Å². The predicted molar refractivity (Wildman–Crippen MR) is 164 cm³/mol. The van der Waals surface area contributed by atoms with Gasteiger partial charge < -0.3 is 24.6 Å². The van der Waals surface area contributed by atoms with Crippen molar-refractivity contribution >= 4 is 23.1 Å². The summed E-state index contributed by atoms with van der Waals surface area (Å²) < 4.78 is 44.3. The molecule has 0 saturated carbocycles. The molecule has 2 saturated heterocycles. The molecular weight excluding hydrogens is 621 g/mol. The van der Waals surface area contributed by atoms with Crippen LogP contribution in [0.1, 0.15) is 55.3 Å². The number of nitrogens with zero attached hydrogens (tertiary/aromatic N) is 7. The molecule has 5 heterocycles. The molecule has 252 valence electrons. The van der Waals surface area contributed by atoms with Crippen LogP contribution < -0.4 is 10.2 Å². The van der Waals surface area contributed by atoms with E-state index in [1.807, 2.05) is 44.3 Å². The maximum atomic E-state index is 12.6. The van der Waals surface area contributed by atoms with E-state index in [2.05, 4.69) is 60.6 Å². The Labute approximate surface area is 268 Å². The van der Waals surface area contributed by atoms with Gasteiger partial charge in [-0.15, -0.1) is 0 Å². The highest BCUT2D eigenvalue weighted by molar-refractivity contribution is 5.90. The summed E-state index contributed by atoms with van der Waals surface area (Å²) in [6.07, 6.45) is -1.39. The van der Waals surface area contributed by atoms with Crippen molar-refractivity contribution in [3.8, 4) is 11.3 Å². The van der Waals surface area contributed by atoms with Crippen LogP contribution in [0.5, 0.6) is 0 Å². The highest BCUT2D eigenvalue weighted by atomic mass is 19.4. The maximum absolute atomic E-state index is 12.6. The van der Waals surface area contributed by atoms with Crippen LogP contribution in [-0.2, 0) is 21.5 Å². The molecule has 2 N–H and O–H groups in total. The van der Waals surface area contributed by atoms with E-state index in [1.165, 1.54) is 0 Å². The lowest BCUT2D eigenvalue weighted by Crippen LogP contribution is -2.59. The number of fused-ring (bicyclic) bond motifs is 1. The van der Waals surface area contributed by atoms with E-state index >= 15 is 0 Å². The van der Waals surface area contributed by atoms with Crippen molar-refractivity contribution in [2.75, 3.05) is 37.7 Å². The number of ether oxygens (including phenoxy) is 1. The molecule has 0 aliphatic carbocycles. The first kappa shape index (κ1) is 33.8. The van der Waals surface area contributed by atoms with Gasteiger partial charge in [0.05, 0.1) is 42.4 Å². The van der Waals surface area contributed by atoms with E-state index in [0.29, 0.717) is 24.5 Å². The summed E-state index contributed by atoms with van der Waals surface area (Å²) in [5.74, 6) is -2.65. The molecule has 6 rings (SSSR count). The Hall–Kier alpha value is -4.57. The van der Waals surface area contributed by atoms with E-state index in [4.69, 9.17) is 19.2 Å². The first-order valence-corrected chi connectivity index (χ1v) is 15.1. The smallest absolute Gasteiger partial charge is 0.475 e. The number of aryl methyl sites for hydroxylation is 1. The van der Waals surface area contributed by atoms with Crippen LogP contribution >= 0.6 is 0 Å². The van der Waals surface area contributed by atoms with Gasteiger partial charge in [-0.05, 0) is 37.1 Å². The summed E-state index contributed by atoms with van der Waals surface area (Å²) in [6.45, 7) is 15.3. The number of carbonyl (C=O) groups excluding carboxylic acids is 1. The molecule has 0 unspecified atom stereocenters. The minimum atomic E-state index is -5.08. The van der Waals surface area contributed by atoms with Gasteiger partial charge in [0.1, 0.15) is 6.33 Å². The number of halogens is 3. The summed E-state index contributed by atoms with van der Waals surface area (Å²) in [4.78, 5) is 35.4. The van der Waals surface area contributed by atoms with E-state index in [0.717, 1.165) is 66.4 Å². The number of aliphatic carboxylic acids is 1. The van der Waals surface area contributed by atoms with Gasteiger partial charge in [-0.2, -0.15) is 23.3 Å². The summed E-state index contributed by atoms with van der Waals surface area (Å²) in [7, 11) is 0. The van der Waals surface area contributed by atoms with Gasteiger partial charge in [0.25, 0.3) is 11.7 Å². The average molecular weight is 659 g/mol. The highest BCUT2D eigenvalue weighted by Crippen LogP contribution is 2.30. The standard InChI is InChI=1S/C29H36N8O3.C2HF3O2/c1-18-10-20(6-7-21(18)12-30-27(38)26-33-28(40-34-26)29(3,4)5)25-24-11-22(14-37(24)32-17-31-25)36-9-8-35(13-19(36)2)23-15-39-16-23;3-2(4,5)1(6)7/h6-7,10-11,14,17,19,23H,8-9,12-13,15-16H2,1-5H3,(H,30,38);(H,6,7)/t19-;/m0./s1. The van der Waals surface area contributed by atoms with Gasteiger partial charge in [-0.25, -0.2) is 14.3 Å². The molecule has 2 fully saturated rings. The van der Waals surface area contributed by atoms with E-state index < -0.39 is 12.1 Å². The fourth-order valence-electron chi connectivity index (χ4n) is 5.35. The second-order valence-corrected chi connectivity index (χ2v) is 12.7. The molecule has 4 aromatic rings. The number of carboxylic acids is 1. The SMILES string of the molecule is Cc1cc(-c2ncnn3cc(N4CCN(C5COC5)C[C@@H]4C)cc23)ccc1CNC(=O)c1noc(C(C)(C)C)n1.O=C(O)C(F)(F)F. The Morgan fingerprint density at radius 3 is 2.43 bits per heavy atom. The zero-order chi connectivity index (χ0) is 34.1. The number of carbonyl (C=O) groups is 2. The molecule has 47 heavy (non-hydrogen) atoms. The number of aromatic nitrogens is 5. The number of hydrogen-bond donors (Lipinski definition) is 2. The molecule has 16 heteroatoms. The number of carboxylic acid groups (broad SMARTS) is 1. The Balaban J connectivity index is 0.000000559. The molecule has 0 spiro atoms. The van der Waals surface area contributed by atoms with Crippen LogP contribution in [-0.4, -0.2) is 97.7 Å². The van der Waals surface area contributed by atoms with Gasteiger partial charge >= 0.3 is 12.1 Å². The number of rotatable bonds is 6. The monoisotopic (exact) mass is 658 g/mol. The number of benzene rings is 1. The largest absolute Gasteiger partial charge is 0.490 e. The van der Waals surface area contributed by atoms with Gasteiger partial charge in [0, 0.05) is 43.2 Å².